The first-order valence-electron chi connectivity index (χ1n) is 8.70. The number of methoxy groups -OCH3 is 1. The van der Waals surface area contributed by atoms with E-state index in [4.69, 9.17) is 25.7 Å². The molecule has 2 heterocycles. The summed E-state index contributed by atoms with van der Waals surface area (Å²) >= 11 is 5.67. The van der Waals surface area contributed by atoms with Crippen molar-refractivity contribution in [3.05, 3.63) is 46.3 Å². The van der Waals surface area contributed by atoms with Crippen molar-refractivity contribution in [1.82, 2.24) is 15.6 Å². The molecule has 8 nitrogen and oxygen atoms in total. The number of rotatable bonds is 6. The number of alkyl halides is 1. The normalized spacial score (nSPS) is 16.9. The number of dihydropyridines is 1. The lowest BCUT2D eigenvalue weighted by Crippen LogP contribution is -2.32. The van der Waals surface area contributed by atoms with Crippen LogP contribution in [0.2, 0.25) is 0 Å². The van der Waals surface area contributed by atoms with Gasteiger partial charge in [-0.1, -0.05) is 12.1 Å². The number of fused-ring (bicyclic) bond motifs is 1. The van der Waals surface area contributed by atoms with E-state index in [9.17, 15) is 9.59 Å². The molecule has 1 aromatic heterocycles. The highest BCUT2D eigenvalue weighted by Gasteiger charge is 2.39. The molecule has 0 saturated heterocycles. The summed E-state index contributed by atoms with van der Waals surface area (Å²) in [6, 6.07) is 5.28. The third-order valence-electron chi connectivity index (χ3n) is 4.52. The zero-order chi connectivity index (χ0) is 20.3. The Hall–Kier alpha value is -2.87. The highest BCUT2D eigenvalue weighted by Crippen LogP contribution is 2.41. The van der Waals surface area contributed by atoms with E-state index in [1.807, 2.05) is 0 Å². The quantitative estimate of drug-likeness (QED) is 0.444. The van der Waals surface area contributed by atoms with Crippen LogP contribution in [0.1, 0.15) is 31.7 Å². The van der Waals surface area contributed by atoms with E-state index in [0.717, 1.165) is 0 Å². The van der Waals surface area contributed by atoms with Gasteiger partial charge in [-0.15, -0.1) is 11.6 Å². The predicted molar refractivity (Wildman–Crippen MR) is 101 cm³/mol. The fraction of sp³-hybridized carbons (Fsp3) is 0.368. The smallest absolute Gasteiger partial charge is 0.336 e. The van der Waals surface area contributed by atoms with Crippen molar-refractivity contribution in [2.45, 2.75) is 26.2 Å². The molecule has 1 unspecified atom stereocenters. The highest BCUT2D eigenvalue weighted by molar-refractivity contribution is 6.17. The molecule has 1 atom stereocenters. The number of hydrogen-bond donors (Lipinski definition) is 1. The topological polar surface area (TPSA) is 104 Å². The number of halogens is 1. The molecule has 148 valence electrons. The number of carbonyl (C=O) groups is 2. The Morgan fingerprint density at radius 2 is 1.89 bits per heavy atom. The standard InChI is InChI=1S/C19H20ClN3O5/c1-10-14(18(24)26-3)16(12-6-4-7-13-17(12)23-28-22-13)15(11(2)21-10)19(25)27-9-5-8-20/h4,6-7,16,21H,5,8-9H2,1-3H3. The lowest BCUT2D eigenvalue weighted by atomic mass is 9.80. The summed E-state index contributed by atoms with van der Waals surface area (Å²) in [5, 5.41) is 10.9. The molecule has 9 heteroatoms. The molecular formula is C19H20ClN3O5. The molecule has 1 aromatic carbocycles. The minimum atomic E-state index is -0.743. The molecule has 0 spiro atoms. The Labute approximate surface area is 166 Å². The number of ether oxygens (including phenoxy) is 2. The van der Waals surface area contributed by atoms with Gasteiger partial charge in [0.05, 0.1) is 30.8 Å². The Kier molecular flexibility index (Phi) is 5.99. The second-order valence-corrected chi connectivity index (χ2v) is 6.66. The maximum absolute atomic E-state index is 12.9. The van der Waals surface area contributed by atoms with Crippen LogP contribution in [0.5, 0.6) is 0 Å². The summed E-state index contributed by atoms with van der Waals surface area (Å²) in [4.78, 5) is 25.5. The molecule has 0 saturated carbocycles. The molecule has 0 fully saturated rings. The van der Waals surface area contributed by atoms with E-state index < -0.39 is 17.9 Å². The molecule has 2 aromatic rings. The van der Waals surface area contributed by atoms with Crippen molar-refractivity contribution in [2.24, 2.45) is 0 Å². The average molecular weight is 406 g/mol. The molecule has 28 heavy (non-hydrogen) atoms. The van der Waals surface area contributed by atoms with Crippen LogP contribution in [0.4, 0.5) is 0 Å². The molecule has 3 rings (SSSR count). The average Bonchev–Trinajstić information content (AvgIpc) is 3.15. The van der Waals surface area contributed by atoms with Gasteiger partial charge < -0.3 is 14.8 Å². The summed E-state index contributed by atoms with van der Waals surface area (Å²) in [6.07, 6.45) is 0.527. The zero-order valence-electron chi connectivity index (χ0n) is 15.7. The van der Waals surface area contributed by atoms with E-state index >= 15 is 0 Å². The summed E-state index contributed by atoms with van der Waals surface area (Å²) in [6.45, 7) is 3.68. The molecule has 0 aliphatic carbocycles. The largest absolute Gasteiger partial charge is 0.466 e. The van der Waals surface area contributed by atoms with E-state index in [-0.39, 0.29) is 6.61 Å². The van der Waals surface area contributed by atoms with Gasteiger partial charge in [0.25, 0.3) is 0 Å². The molecule has 0 radical (unpaired) electrons. The Bertz CT molecular complexity index is 979. The second-order valence-electron chi connectivity index (χ2n) is 6.28. The van der Waals surface area contributed by atoms with Gasteiger partial charge in [0, 0.05) is 17.3 Å². The molecule has 0 bridgehead atoms. The first-order valence-corrected chi connectivity index (χ1v) is 9.24. The first kappa shape index (κ1) is 19.9. The van der Waals surface area contributed by atoms with E-state index in [1.165, 1.54) is 7.11 Å². The van der Waals surface area contributed by atoms with Crippen LogP contribution in [0, 0.1) is 0 Å². The van der Waals surface area contributed by atoms with E-state index in [1.54, 1.807) is 32.0 Å². The second kappa shape index (κ2) is 8.43. The van der Waals surface area contributed by atoms with Crippen molar-refractivity contribution in [1.29, 1.82) is 0 Å². The SMILES string of the molecule is COC(=O)C1=C(C)NC(C)=C(C(=O)OCCCCl)C1c1cccc2nonc12. The van der Waals surface area contributed by atoms with E-state index in [2.05, 4.69) is 15.6 Å². The van der Waals surface area contributed by atoms with Gasteiger partial charge in [0.1, 0.15) is 11.0 Å². The van der Waals surface area contributed by atoms with Gasteiger partial charge in [0.15, 0.2) is 0 Å². The van der Waals surface area contributed by atoms with Crippen molar-refractivity contribution in [3.8, 4) is 0 Å². The number of nitrogens with zero attached hydrogens (tertiary/aromatic N) is 2. The number of aromatic nitrogens is 2. The minimum absolute atomic E-state index is 0.178. The number of allylic oxidation sites excluding steroid dienone is 2. The Morgan fingerprint density at radius 1 is 1.18 bits per heavy atom. The maximum Gasteiger partial charge on any atom is 0.336 e. The number of benzene rings is 1. The monoisotopic (exact) mass is 405 g/mol. The minimum Gasteiger partial charge on any atom is -0.466 e. The summed E-state index contributed by atoms with van der Waals surface area (Å²) in [7, 11) is 1.29. The highest BCUT2D eigenvalue weighted by atomic mass is 35.5. The predicted octanol–water partition coefficient (Wildman–Crippen LogP) is 2.80. The number of esters is 2. The summed E-state index contributed by atoms with van der Waals surface area (Å²) in [5.41, 5.74) is 3.35. The van der Waals surface area contributed by atoms with Crippen molar-refractivity contribution in [2.75, 3.05) is 19.6 Å². The van der Waals surface area contributed by atoms with Crippen LogP contribution >= 0.6 is 11.6 Å². The van der Waals surface area contributed by atoms with Gasteiger partial charge in [-0.25, -0.2) is 14.2 Å². The van der Waals surface area contributed by atoms with Crippen molar-refractivity contribution >= 4 is 34.6 Å². The fourth-order valence-electron chi connectivity index (χ4n) is 3.31. The number of hydrogen-bond acceptors (Lipinski definition) is 8. The zero-order valence-corrected chi connectivity index (χ0v) is 16.5. The molecule has 1 aliphatic heterocycles. The van der Waals surface area contributed by atoms with Gasteiger partial charge >= 0.3 is 11.9 Å². The molecular weight excluding hydrogens is 386 g/mol. The van der Waals surface area contributed by atoms with Gasteiger partial charge in [-0.05, 0) is 42.2 Å². The first-order chi connectivity index (χ1) is 13.5. The lowest BCUT2D eigenvalue weighted by molar-refractivity contribution is -0.139. The van der Waals surface area contributed by atoms with Gasteiger partial charge in [0.2, 0.25) is 0 Å². The Balaban J connectivity index is 2.16. The van der Waals surface area contributed by atoms with Crippen LogP contribution in [0.15, 0.2) is 45.4 Å². The fourth-order valence-corrected chi connectivity index (χ4v) is 3.42. The van der Waals surface area contributed by atoms with Crippen LogP contribution in [0.3, 0.4) is 0 Å². The van der Waals surface area contributed by atoms with Gasteiger partial charge in [-0.3, -0.25) is 0 Å². The molecule has 0 amide bonds. The number of carbonyl (C=O) groups excluding carboxylic acids is 2. The lowest BCUT2D eigenvalue weighted by Gasteiger charge is -2.30. The third kappa shape index (κ3) is 3.60. The van der Waals surface area contributed by atoms with Gasteiger partial charge in [-0.2, -0.15) is 0 Å². The Morgan fingerprint density at radius 3 is 2.57 bits per heavy atom. The van der Waals surface area contributed by atoms with Crippen molar-refractivity contribution in [3.63, 3.8) is 0 Å². The molecule has 1 aliphatic rings. The van der Waals surface area contributed by atoms with Crippen LogP contribution < -0.4 is 5.32 Å². The number of nitrogens with one attached hydrogen (secondary N) is 1. The van der Waals surface area contributed by atoms with Crippen LogP contribution in [0.25, 0.3) is 11.0 Å². The maximum atomic E-state index is 12.9. The van der Waals surface area contributed by atoms with Crippen molar-refractivity contribution < 1.29 is 23.7 Å². The van der Waals surface area contributed by atoms with Crippen LogP contribution in [-0.4, -0.2) is 41.8 Å². The molecule has 1 N–H and O–H groups in total. The summed E-state index contributed by atoms with van der Waals surface area (Å²) < 4.78 is 15.2. The third-order valence-corrected chi connectivity index (χ3v) is 4.79. The van der Waals surface area contributed by atoms with Crippen LogP contribution in [-0.2, 0) is 19.1 Å². The van der Waals surface area contributed by atoms with E-state index in [0.29, 0.717) is 51.4 Å². The summed E-state index contributed by atoms with van der Waals surface area (Å²) in [5.74, 6) is -1.46.